The van der Waals surface area contributed by atoms with Crippen LogP contribution >= 0.6 is 0 Å². The van der Waals surface area contributed by atoms with E-state index < -0.39 is 5.54 Å². The molecule has 8 nitrogen and oxygen atoms in total. The quantitative estimate of drug-likeness (QED) is 0.726. The maximum Gasteiger partial charge on any atom is 0.255 e. The van der Waals surface area contributed by atoms with Gasteiger partial charge in [0.15, 0.2) is 0 Å². The lowest BCUT2D eigenvalue weighted by molar-refractivity contribution is -0.124. The van der Waals surface area contributed by atoms with Crippen LogP contribution in [0.3, 0.4) is 0 Å². The summed E-state index contributed by atoms with van der Waals surface area (Å²) in [6.07, 6.45) is 7.43. The Morgan fingerprint density at radius 1 is 1.00 bits per heavy atom. The van der Waals surface area contributed by atoms with E-state index in [1.165, 1.54) is 18.7 Å². The van der Waals surface area contributed by atoms with Gasteiger partial charge in [0, 0.05) is 30.0 Å². The summed E-state index contributed by atoms with van der Waals surface area (Å²) in [5.41, 5.74) is 0.987. The third kappa shape index (κ3) is 4.35. The van der Waals surface area contributed by atoms with Crippen molar-refractivity contribution in [3.05, 3.63) is 59.7 Å². The van der Waals surface area contributed by atoms with Crippen LogP contribution < -0.4 is 10.6 Å². The molecule has 1 aromatic heterocycles. The molecule has 0 bridgehead atoms. The minimum Gasteiger partial charge on any atom is -0.348 e. The van der Waals surface area contributed by atoms with E-state index in [9.17, 15) is 14.4 Å². The van der Waals surface area contributed by atoms with Crippen molar-refractivity contribution < 1.29 is 14.4 Å². The summed E-state index contributed by atoms with van der Waals surface area (Å²) in [5, 5.41) is 5.82. The molecule has 32 heavy (non-hydrogen) atoms. The zero-order valence-electron chi connectivity index (χ0n) is 18.7. The van der Waals surface area contributed by atoms with Gasteiger partial charge in [-0.2, -0.15) is 0 Å². The topological polar surface area (TPSA) is 104 Å². The van der Waals surface area contributed by atoms with Crippen LogP contribution in [0.25, 0.3) is 0 Å². The number of nitrogens with zero attached hydrogens (tertiary/aromatic N) is 3. The van der Waals surface area contributed by atoms with Gasteiger partial charge in [-0.25, -0.2) is 9.97 Å². The fourth-order valence-corrected chi connectivity index (χ4v) is 4.32. The molecular weight excluding hydrogens is 406 g/mol. The molecule has 1 aliphatic carbocycles. The largest absolute Gasteiger partial charge is 0.348 e. The highest BCUT2D eigenvalue weighted by Gasteiger charge is 2.51. The standard InChI is InChI=1S/C24H29N5O3/c1-15-4-5-16(2)29(15)22(31)19-8-6-18(7-9-19)17(3)27-23(32)24(10-11-24)28-21(30)20-12-25-14-26-13-20/h6-9,12-17H,4-5,10-11H2,1-3H3,(H,27,32)(H,28,30)/t15-,16-,17-/m1/s1. The zero-order valence-corrected chi connectivity index (χ0v) is 18.7. The van der Waals surface area contributed by atoms with E-state index in [0.717, 1.165) is 18.4 Å². The van der Waals surface area contributed by atoms with Crippen molar-refractivity contribution >= 4 is 17.7 Å². The fraction of sp³-hybridized carbons (Fsp3) is 0.458. The van der Waals surface area contributed by atoms with Gasteiger partial charge in [-0.15, -0.1) is 0 Å². The Morgan fingerprint density at radius 2 is 1.59 bits per heavy atom. The number of amides is 3. The number of hydrogen-bond acceptors (Lipinski definition) is 5. The Bertz CT molecular complexity index is 994. The van der Waals surface area contributed by atoms with Crippen molar-refractivity contribution in [3.63, 3.8) is 0 Å². The molecule has 1 saturated carbocycles. The Labute approximate surface area is 187 Å². The average Bonchev–Trinajstić information content (AvgIpc) is 3.51. The fourth-order valence-electron chi connectivity index (χ4n) is 4.32. The highest BCUT2D eigenvalue weighted by molar-refractivity contribution is 6.00. The van der Waals surface area contributed by atoms with E-state index in [0.29, 0.717) is 24.0 Å². The molecule has 8 heteroatoms. The van der Waals surface area contributed by atoms with Gasteiger partial charge in [-0.1, -0.05) is 12.1 Å². The van der Waals surface area contributed by atoms with Crippen LogP contribution in [0, 0.1) is 0 Å². The molecular formula is C24H29N5O3. The van der Waals surface area contributed by atoms with E-state index in [4.69, 9.17) is 0 Å². The van der Waals surface area contributed by atoms with Crippen LogP contribution in [0.1, 0.15) is 78.8 Å². The summed E-state index contributed by atoms with van der Waals surface area (Å²) in [6.45, 7) is 6.07. The predicted molar refractivity (Wildman–Crippen MR) is 119 cm³/mol. The first-order chi connectivity index (χ1) is 15.3. The van der Waals surface area contributed by atoms with Gasteiger partial charge in [0.2, 0.25) is 5.91 Å². The average molecular weight is 436 g/mol. The number of aromatic nitrogens is 2. The second-order valence-electron chi connectivity index (χ2n) is 8.97. The van der Waals surface area contributed by atoms with Gasteiger partial charge < -0.3 is 15.5 Å². The van der Waals surface area contributed by atoms with Crippen LogP contribution in [0.5, 0.6) is 0 Å². The minimum atomic E-state index is -0.890. The normalized spacial score (nSPS) is 22.2. The molecule has 0 unspecified atom stereocenters. The number of carbonyl (C=O) groups excluding carboxylic acids is 3. The van der Waals surface area contributed by atoms with Crippen molar-refractivity contribution in [2.75, 3.05) is 0 Å². The predicted octanol–water partition coefficient (Wildman–Crippen LogP) is 2.63. The molecule has 1 aliphatic heterocycles. The summed E-state index contributed by atoms with van der Waals surface area (Å²) in [7, 11) is 0. The second kappa shape index (κ2) is 8.68. The molecule has 4 rings (SSSR count). The van der Waals surface area contributed by atoms with E-state index in [1.807, 2.05) is 36.1 Å². The molecule has 168 valence electrons. The van der Waals surface area contributed by atoms with Crippen LogP contribution in [0.4, 0.5) is 0 Å². The van der Waals surface area contributed by atoms with Crippen molar-refractivity contribution in [1.29, 1.82) is 0 Å². The zero-order chi connectivity index (χ0) is 22.9. The maximum absolute atomic E-state index is 12.9. The molecule has 1 saturated heterocycles. The smallest absolute Gasteiger partial charge is 0.255 e. The minimum absolute atomic E-state index is 0.0512. The van der Waals surface area contributed by atoms with Gasteiger partial charge in [0.1, 0.15) is 11.9 Å². The van der Waals surface area contributed by atoms with Crippen molar-refractivity contribution in [3.8, 4) is 0 Å². The van der Waals surface area contributed by atoms with Gasteiger partial charge in [-0.05, 0) is 64.2 Å². The Kier molecular flexibility index (Phi) is 5.95. The Morgan fingerprint density at radius 3 is 2.16 bits per heavy atom. The summed E-state index contributed by atoms with van der Waals surface area (Å²) in [5.74, 6) is -0.524. The third-order valence-electron chi connectivity index (χ3n) is 6.55. The molecule has 2 aromatic rings. The maximum atomic E-state index is 12.9. The van der Waals surface area contributed by atoms with Gasteiger partial charge in [0.25, 0.3) is 11.8 Å². The van der Waals surface area contributed by atoms with Gasteiger partial charge in [-0.3, -0.25) is 14.4 Å². The third-order valence-corrected chi connectivity index (χ3v) is 6.55. The highest BCUT2D eigenvalue weighted by Crippen LogP contribution is 2.36. The molecule has 2 fully saturated rings. The Balaban J connectivity index is 1.37. The van der Waals surface area contributed by atoms with Crippen LogP contribution in [0.15, 0.2) is 43.0 Å². The Hall–Kier alpha value is -3.29. The molecule has 2 heterocycles. The molecule has 2 aliphatic rings. The van der Waals surface area contributed by atoms with Crippen LogP contribution in [-0.4, -0.2) is 50.2 Å². The van der Waals surface area contributed by atoms with Crippen LogP contribution in [0.2, 0.25) is 0 Å². The monoisotopic (exact) mass is 435 g/mol. The number of benzene rings is 1. The van der Waals surface area contributed by atoms with E-state index >= 15 is 0 Å². The lowest BCUT2D eigenvalue weighted by Gasteiger charge is -2.26. The number of likely N-dealkylation sites (tertiary alicyclic amines) is 1. The first-order valence-electron chi connectivity index (χ1n) is 11.1. The number of rotatable bonds is 6. The van der Waals surface area contributed by atoms with E-state index in [-0.39, 0.29) is 35.8 Å². The van der Waals surface area contributed by atoms with Crippen LogP contribution in [-0.2, 0) is 4.79 Å². The summed E-state index contributed by atoms with van der Waals surface area (Å²) in [4.78, 5) is 47.8. The SMILES string of the molecule is C[C@@H]1CC[C@@H](C)N1C(=O)c1ccc([C@@H](C)NC(=O)C2(NC(=O)c3cncnc3)CC2)cc1. The molecule has 2 N–H and O–H groups in total. The van der Waals surface area contributed by atoms with Gasteiger partial charge >= 0.3 is 0 Å². The molecule has 1 aromatic carbocycles. The van der Waals surface area contributed by atoms with Crippen molar-refractivity contribution in [1.82, 2.24) is 25.5 Å². The highest BCUT2D eigenvalue weighted by atomic mass is 16.2. The summed E-state index contributed by atoms with van der Waals surface area (Å²) >= 11 is 0. The van der Waals surface area contributed by atoms with Crippen molar-refractivity contribution in [2.24, 2.45) is 0 Å². The van der Waals surface area contributed by atoms with Crippen molar-refractivity contribution in [2.45, 2.75) is 70.1 Å². The number of nitrogens with one attached hydrogen (secondary N) is 2. The first-order valence-corrected chi connectivity index (χ1v) is 11.1. The molecule has 3 amide bonds. The lowest BCUT2D eigenvalue weighted by atomic mass is 10.0. The summed E-state index contributed by atoms with van der Waals surface area (Å²) < 4.78 is 0. The first kappa shape index (κ1) is 21.9. The lowest BCUT2D eigenvalue weighted by Crippen LogP contribution is -2.49. The molecule has 0 radical (unpaired) electrons. The van der Waals surface area contributed by atoms with Gasteiger partial charge in [0.05, 0.1) is 11.6 Å². The number of hydrogen-bond donors (Lipinski definition) is 2. The number of carbonyl (C=O) groups is 3. The van der Waals surface area contributed by atoms with E-state index in [2.05, 4.69) is 34.4 Å². The summed E-state index contributed by atoms with van der Waals surface area (Å²) in [6, 6.07) is 7.65. The molecule has 0 spiro atoms. The second-order valence-corrected chi connectivity index (χ2v) is 8.97. The molecule has 3 atom stereocenters. The van der Waals surface area contributed by atoms with E-state index in [1.54, 1.807) is 0 Å².